The van der Waals surface area contributed by atoms with E-state index in [0.29, 0.717) is 6.42 Å². The number of H-pyrrole nitrogens is 1. The van der Waals surface area contributed by atoms with Gasteiger partial charge in [-0.25, -0.2) is 9.67 Å². The number of amides is 1. The van der Waals surface area contributed by atoms with Crippen LogP contribution in [-0.4, -0.2) is 48.9 Å². The number of piperidine rings is 1. The van der Waals surface area contributed by atoms with Crippen molar-refractivity contribution in [3.8, 4) is 0 Å². The zero-order valence-corrected chi connectivity index (χ0v) is 16.3. The summed E-state index contributed by atoms with van der Waals surface area (Å²) in [7, 11) is 0. The minimum Gasteiger partial charge on any atom is -0.361 e. The van der Waals surface area contributed by atoms with E-state index in [-0.39, 0.29) is 11.9 Å². The maximum absolute atomic E-state index is 12.7. The van der Waals surface area contributed by atoms with Crippen LogP contribution in [0.15, 0.2) is 48.8 Å². The van der Waals surface area contributed by atoms with Gasteiger partial charge in [0.15, 0.2) is 5.65 Å². The topological polar surface area (TPSA) is 79.7 Å². The Morgan fingerprint density at radius 2 is 2.00 bits per heavy atom. The Balaban J connectivity index is 1.14. The number of nitrogens with one attached hydrogen (secondary N) is 1. The molecule has 148 valence electrons. The molecule has 1 N–H and O–H groups in total. The lowest BCUT2D eigenvalue weighted by Gasteiger charge is -2.32. The van der Waals surface area contributed by atoms with Crippen LogP contribution in [0.1, 0.15) is 37.3 Å². The maximum atomic E-state index is 12.7. The molecule has 4 aromatic rings. The van der Waals surface area contributed by atoms with Gasteiger partial charge < -0.3 is 9.88 Å². The minimum atomic E-state index is 0.255. The van der Waals surface area contributed by atoms with Crippen molar-refractivity contribution in [2.24, 2.45) is 0 Å². The molecule has 1 aliphatic heterocycles. The first kappa shape index (κ1) is 17.8. The number of benzene rings is 1. The Morgan fingerprint density at radius 3 is 2.90 bits per heavy atom. The molecule has 1 aromatic carbocycles. The molecule has 4 heterocycles. The third-order valence-electron chi connectivity index (χ3n) is 5.91. The minimum absolute atomic E-state index is 0.255. The van der Waals surface area contributed by atoms with Crippen molar-refractivity contribution >= 4 is 28.0 Å². The molecule has 1 aliphatic rings. The number of carbonyl (C=O) groups is 1. The molecule has 0 radical (unpaired) electrons. The van der Waals surface area contributed by atoms with Gasteiger partial charge in [0, 0.05) is 42.8 Å². The molecule has 29 heavy (non-hydrogen) atoms. The van der Waals surface area contributed by atoms with Crippen molar-refractivity contribution in [1.82, 2.24) is 29.9 Å². The van der Waals surface area contributed by atoms with Gasteiger partial charge in [-0.05, 0) is 49.4 Å². The second-order valence-electron chi connectivity index (χ2n) is 7.71. The summed E-state index contributed by atoms with van der Waals surface area (Å²) in [6.07, 6.45) is 8.01. The van der Waals surface area contributed by atoms with Gasteiger partial charge in [0.25, 0.3) is 0 Å². The van der Waals surface area contributed by atoms with Gasteiger partial charge in [0.1, 0.15) is 5.52 Å². The predicted molar refractivity (Wildman–Crippen MR) is 111 cm³/mol. The molecule has 0 saturated carbocycles. The van der Waals surface area contributed by atoms with Crippen molar-refractivity contribution in [3.63, 3.8) is 0 Å². The second kappa shape index (κ2) is 7.66. The molecule has 5 rings (SSSR count). The van der Waals surface area contributed by atoms with E-state index in [1.807, 2.05) is 27.8 Å². The van der Waals surface area contributed by atoms with E-state index in [2.05, 4.69) is 44.7 Å². The SMILES string of the molecule is O=C(CCCc1c[nH]c2ccccc12)N1CCC(n2nnc3cccnc32)CC1. The number of hydrogen-bond acceptors (Lipinski definition) is 4. The van der Waals surface area contributed by atoms with Crippen LogP contribution in [0.25, 0.3) is 22.1 Å². The highest BCUT2D eigenvalue weighted by Crippen LogP contribution is 2.25. The Labute approximate surface area is 168 Å². The van der Waals surface area contributed by atoms with Gasteiger partial charge in [0.2, 0.25) is 5.91 Å². The summed E-state index contributed by atoms with van der Waals surface area (Å²) in [5, 5.41) is 9.75. The molecule has 0 spiro atoms. The second-order valence-corrected chi connectivity index (χ2v) is 7.71. The summed E-state index contributed by atoms with van der Waals surface area (Å²) < 4.78 is 1.92. The number of carbonyl (C=O) groups excluding carboxylic acids is 1. The van der Waals surface area contributed by atoms with Crippen LogP contribution in [0.4, 0.5) is 0 Å². The van der Waals surface area contributed by atoms with E-state index in [0.717, 1.165) is 55.5 Å². The van der Waals surface area contributed by atoms with E-state index in [9.17, 15) is 4.79 Å². The number of likely N-dealkylation sites (tertiary alicyclic amines) is 1. The Hall–Kier alpha value is -3.22. The van der Waals surface area contributed by atoms with Gasteiger partial charge in [0.05, 0.1) is 6.04 Å². The first-order valence-electron chi connectivity index (χ1n) is 10.3. The Morgan fingerprint density at radius 1 is 1.14 bits per heavy atom. The van der Waals surface area contributed by atoms with Gasteiger partial charge in [-0.15, -0.1) is 5.10 Å². The Kier molecular flexibility index (Phi) is 4.71. The average Bonchev–Trinajstić information content (AvgIpc) is 3.38. The number of aromatic nitrogens is 5. The monoisotopic (exact) mass is 388 g/mol. The third-order valence-corrected chi connectivity index (χ3v) is 5.91. The average molecular weight is 388 g/mol. The van der Waals surface area contributed by atoms with Crippen LogP contribution in [0, 0.1) is 0 Å². The van der Waals surface area contributed by atoms with Crippen LogP contribution in [0.5, 0.6) is 0 Å². The summed E-state index contributed by atoms with van der Waals surface area (Å²) in [4.78, 5) is 22.4. The van der Waals surface area contributed by atoms with Crippen LogP contribution in [-0.2, 0) is 11.2 Å². The van der Waals surface area contributed by atoms with Gasteiger partial charge >= 0.3 is 0 Å². The molecule has 7 nitrogen and oxygen atoms in total. The first-order valence-corrected chi connectivity index (χ1v) is 10.3. The normalized spacial score (nSPS) is 15.4. The largest absolute Gasteiger partial charge is 0.361 e. The van der Waals surface area contributed by atoms with Crippen molar-refractivity contribution in [1.29, 1.82) is 0 Å². The smallest absolute Gasteiger partial charge is 0.222 e. The van der Waals surface area contributed by atoms with Crippen LogP contribution in [0.3, 0.4) is 0 Å². The maximum Gasteiger partial charge on any atom is 0.222 e. The molecule has 1 saturated heterocycles. The number of para-hydroxylation sites is 1. The van der Waals surface area contributed by atoms with Gasteiger partial charge in [-0.1, -0.05) is 23.4 Å². The molecular formula is C22H24N6O. The molecule has 7 heteroatoms. The quantitative estimate of drug-likeness (QED) is 0.567. The van der Waals surface area contributed by atoms with E-state index >= 15 is 0 Å². The standard InChI is InChI=1S/C22H24N6O/c29-21(9-3-5-16-15-24-19-7-2-1-6-18(16)19)27-13-10-17(11-14-27)28-22-20(25-26-28)8-4-12-23-22/h1-2,4,6-8,12,15,17,24H,3,5,9-11,13-14H2. The Bertz CT molecular complexity index is 1140. The van der Waals surface area contributed by atoms with E-state index in [4.69, 9.17) is 0 Å². The van der Waals surface area contributed by atoms with Gasteiger partial charge in [-0.2, -0.15) is 0 Å². The number of fused-ring (bicyclic) bond motifs is 2. The van der Waals surface area contributed by atoms with Crippen LogP contribution in [0.2, 0.25) is 0 Å². The van der Waals surface area contributed by atoms with E-state index in [1.165, 1.54) is 10.9 Å². The lowest BCUT2D eigenvalue weighted by molar-refractivity contribution is -0.132. The molecule has 0 bridgehead atoms. The summed E-state index contributed by atoms with van der Waals surface area (Å²) in [6.45, 7) is 1.54. The van der Waals surface area contributed by atoms with Crippen molar-refractivity contribution < 1.29 is 4.79 Å². The zero-order valence-electron chi connectivity index (χ0n) is 16.3. The molecule has 0 aliphatic carbocycles. The summed E-state index contributed by atoms with van der Waals surface area (Å²) in [5.41, 5.74) is 4.10. The van der Waals surface area contributed by atoms with Crippen molar-refractivity contribution in [2.75, 3.05) is 13.1 Å². The number of nitrogens with zero attached hydrogens (tertiary/aromatic N) is 5. The number of aryl methyl sites for hydroxylation is 1. The highest BCUT2D eigenvalue weighted by molar-refractivity contribution is 5.83. The molecule has 0 unspecified atom stereocenters. The highest BCUT2D eigenvalue weighted by atomic mass is 16.2. The number of hydrogen-bond donors (Lipinski definition) is 1. The van der Waals surface area contributed by atoms with Gasteiger partial charge in [-0.3, -0.25) is 4.79 Å². The number of pyridine rings is 1. The van der Waals surface area contributed by atoms with Crippen LogP contribution >= 0.6 is 0 Å². The van der Waals surface area contributed by atoms with Crippen LogP contribution < -0.4 is 0 Å². The summed E-state index contributed by atoms with van der Waals surface area (Å²) in [5.74, 6) is 0.255. The predicted octanol–water partition coefficient (Wildman–Crippen LogP) is 3.49. The summed E-state index contributed by atoms with van der Waals surface area (Å²) >= 11 is 0. The summed E-state index contributed by atoms with van der Waals surface area (Å²) in [6, 6.07) is 12.4. The fraction of sp³-hybridized carbons (Fsp3) is 0.364. The fourth-order valence-corrected chi connectivity index (χ4v) is 4.31. The fourth-order valence-electron chi connectivity index (χ4n) is 4.31. The molecule has 0 atom stereocenters. The van der Waals surface area contributed by atoms with E-state index < -0.39 is 0 Å². The molecule has 3 aromatic heterocycles. The zero-order chi connectivity index (χ0) is 19.6. The van der Waals surface area contributed by atoms with E-state index in [1.54, 1.807) is 6.20 Å². The number of rotatable bonds is 5. The molecule has 1 amide bonds. The highest BCUT2D eigenvalue weighted by Gasteiger charge is 2.25. The molecule has 1 fully saturated rings. The molecular weight excluding hydrogens is 364 g/mol. The lowest BCUT2D eigenvalue weighted by atomic mass is 10.0. The van der Waals surface area contributed by atoms with Crippen molar-refractivity contribution in [3.05, 3.63) is 54.4 Å². The lowest BCUT2D eigenvalue weighted by Crippen LogP contribution is -2.39. The third kappa shape index (κ3) is 3.48. The first-order chi connectivity index (χ1) is 14.3. The number of aromatic amines is 1. The van der Waals surface area contributed by atoms with Crippen molar-refractivity contribution in [2.45, 2.75) is 38.1 Å².